The van der Waals surface area contributed by atoms with Crippen LogP contribution in [0.2, 0.25) is 0 Å². The minimum Gasteiger partial charge on any atom is -0.494 e. The van der Waals surface area contributed by atoms with Gasteiger partial charge in [0.2, 0.25) is 0 Å². The van der Waals surface area contributed by atoms with Crippen molar-refractivity contribution in [2.45, 2.75) is 6.54 Å². The summed E-state index contributed by atoms with van der Waals surface area (Å²) in [4.78, 5) is 15.4. The fourth-order valence-corrected chi connectivity index (χ4v) is 1.74. The van der Waals surface area contributed by atoms with Crippen LogP contribution in [0.4, 0.5) is 10.1 Å². The lowest BCUT2D eigenvalue weighted by molar-refractivity contribution is 0.0600. The summed E-state index contributed by atoms with van der Waals surface area (Å²) in [6.07, 6.45) is 1.44. The molecule has 0 aliphatic rings. The molecule has 0 radical (unpaired) electrons. The molecule has 1 N–H and O–H groups in total. The van der Waals surface area contributed by atoms with Crippen molar-refractivity contribution in [2.75, 3.05) is 19.5 Å². The first-order valence-corrected chi connectivity index (χ1v) is 6.24. The predicted octanol–water partition coefficient (Wildman–Crippen LogP) is 2.63. The van der Waals surface area contributed by atoms with Crippen molar-refractivity contribution in [2.24, 2.45) is 0 Å². The van der Waals surface area contributed by atoms with E-state index in [0.717, 1.165) is 5.69 Å². The van der Waals surface area contributed by atoms with Crippen LogP contribution in [0.3, 0.4) is 0 Å². The van der Waals surface area contributed by atoms with E-state index < -0.39 is 11.8 Å². The van der Waals surface area contributed by atoms with Gasteiger partial charge in [0.05, 0.1) is 32.0 Å². The molecule has 0 aliphatic carbocycles. The van der Waals surface area contributed by atoms with Crippen molar-refractivity contribution in [3.8, 4) is 5.75 Å². The number of hydrogen-bond acceptors (Lipinski definition) is 5. The zero-order valence-electron chi connectivity index (χ0n) is 11.7. The Hall–Kier alpha value is -2.63. The Kier molecular flexibility index (Phi) is 4.71. The second-order valence-electron chi connectivity index (χ2n) is 4.23. The molecule has 0 bridgehead atoms. The molecule has 0 unspecified atom stereocenters. The largest absolute Gasteiger partial charge is 0.494 e. The van der Waals surface area contributed by atoms with Gasteiger partial charge in [-0.15, -0.1) is 0 Å². The Labute approximate surface area is 121 Å². The highest BCUT2D eigenvalue weighted by Gasteiger charge is 2.06. The number of rotatable bonds is 5. The van der Waals surface area contributed by atoms with Gasteiger partial charge in [-0.05, 0) is 24.3 Å². The number of carbonyl (C=O) groups is 1. The van der Waals surface area contributed by atoms with E-state index in [4.69, 9.17) is 4.74 Å². The molecule has 1 aromatic heterocycles. The summed E-state index contributed by atoms with van der Waals surface area (Å²) in [5, 5.41) is 3.04. The molecule has 0 saturated carbocycles. The number of anilines is 1. The lowest BCUT2D eigenvalue weighted by Crippen LogP contribution is -2.05. The minimum atomic E-state index is -0.434. The molecule has 0 saturated heterocycles. The van der Waals surface area contributed by atoms with Gasteiger partial charge in [-0.3, -0.25) is 4.98 Å². The summed E-state index contributed by atoms with van der Waals surface area (Å²) in [5.41, 5.74) is 1.72. The zero-order valence-corrected chi connectivity index (χ0v) is 11.7. The smallest absolute Gasteiger partial charge is 0.339 e. The van der Waals surface area contributed by atoms with E-state index in [0.29, 0.717) is 17.8 Å². The molecule has 0 spiro atoms. The van der Waals surface area contributed by atoms with Crippen LogP contribution in [0.25, 0.3) is 0 Å². The molecule has 1 heterocycles. The standard InChI is InChI=1S/C15H15FN2O3/c1-20-14-6-5-11(7-13(14)16)18-9-12-4-3-10(8-17-12)15(19)21-2/h3-8,18H,9H2,1-2H3. The first-order valence-electron chi connectivity index (χ1n) is 6.24. The summed E-state index contributed by atoms with van der Waals surface area (Å²) >= 11 is 0. The maximum Gasteiger partial charge on any atom is 0.339 e. The van der Waals surface area contributed by atoms with Gasteiger partial charge < -0.3 is 14.8 Å². The third-order valence-electron chi connectivity index (χ3n) is 2.87. The normalized spacial score (nSPS) is 10.0. The number of esters is 1. The van der Waals surface area contributed by atoms with Crippen LogP contribution in [0.1, 0.15) is 16.1 Å². The summed E-state index contributed by atoms with van der Waals surface area (Å²) in [6.45, 7) is 0.410. The van der Waals surface area contributed by atoms with Crippen molar-refractivity contribution in [3.63, 3.8) is 0 Å². The number of hydrogen-bond donors (Lipinski definition) is 1. The number of pyridine rings is 1. The fourth-order valence-electron chi connectivity index (χ4n) is 1.74. The molecular formula is C15H15FN2O3. The van der Waals surface area contributed by atoms with Gasteiger partial charge >= 0.3 is 5.97 Å². The number of carbonyl (C=O) groups excluding carboxylic acids is 1. The average Bonchev–Trinajstić information content (AvgIpc) is 2.52. The van der Waals surface area contributed by atoms with E-state index in [-0.39, 0.29) is 5.75 Å². The summed E-state index contributed by atoms with van der Waals surface area (Å²) in [5.74, 6) is -0.670. The number of aromatic nitrogens is 1. The van der Waals surface area contributed by atoms with E-state index in [2.05, 4.69) is 15.0 Å². The van der Waals surface area contributed by atoms with Gasteiger partial charge in [0.1, 0.15) is 0 Å². The second-order valence-corrected chi connectivity index (χ2v) is 4.23. The third kappa shape index (κ3) is 3.68. The SMILES string of the molecule is COC(=O)c1ccc(CNc2ccc(OC)c(F)c2)nc1. The fraction of sp³-hybridized carbons (Fsp3) is 0.200. The van der Waals surface area contributed by atoms with E-state index >= 15 is 0 Å². The third-order valence-corrected chi connectivity index (χ3v) is 2.87. The molecule has 0 aliphatic heterocycles. The lowest BCUT2D eigenvalue weighted by atomic mass is 10.2. The monoisotopic (exact) mass is 290 g/mol. The highest BCUT2D eigenvalue weighted by atomic mass is 19.1. The molecule has 2 aromatic rings. The molecule has 1 aromatic carbocycles. The molecule has 6 heteroatoms. The number of benzene rings is 1. The Bertz CT molecular complexity index is 629. The molecule has 21 heavy (non-hydrogen) atoms. The summed E-state index contributed by atoms with van der Waals surface area (Å²) < 4.78 is 23.0. The topological polar surface area (TPSA) is 60.5 Å². The van der Waals surface area contributed by atoms with Gasteiger partial charge in [0.15, 0.2) is 11.6 Å². The quantitative estimate of drug-likeness (QED) is 0.858. The van der Waals surface area contributed by atoms with Crippen LogP contribution in [0.5, 0.6) is 5.75 Å². The van der Waals surface area contributed by atoms with E-state index in [1.165, 1.54) is 26.5 Å². The van der Waals surface area contributed by atoms with Gasteiger partial charge in [-0.25, -0.2) is 9.18 Å². The maximum atomic E-state index is 13.5. The highest BCUT2D eigenvalue weighted by molar-refractivity contribution is 5.88. The van der Waals surface area contributed by atoms with Crippen LogP contribution in [0.15, 0.2) is 36.5 Å². The van der Waals surface area contributed by atoms with Gasteiger partial charge in [-0.2, -0.15) is 0 Å². The van der Waals surface area contributed by atoms with E-state index in [1.54, 1.807) is 24.3 Å². The zero-order chi connectivity index (χ0) is 15.2. The highest BCUT2D eigenvalue weighted by Crippen LogP contribution is 2.20. The Balaban J connectivity index is 1.99. The minimum absolute atomic E-state index is 0.195. The van der Waals surface area contributed by atoms with Gasteiger partial charge in [-0.1, -0.05) is 0 Å². The van der Waals surface area contributed by atoms with E-state index in [9.17, 15) is 9.18 Å². The van der Waals surface area contributed by atoms with Gasteiger partial charge in [0.25, 0.3) is 0 Å². The van der Waals surface area contributed by atoms with Crippen LogP contribution in [-0.2, 0) is 11.3 Å². The van der Waals surface area contributed by atoms with Gasteiger partial charge in [0, 0.05) is 18.0 Å². The van der Waals surface area contributed by atoms with Crippen LogP contribution < -0.4 is 10.1 Å². The molecule has 110 valence electrons. The first kappa shape index (κ1) is 14.8. The van der Waals surface area contributed by atoms with Crippen LogP contribution in [0, 0.1) is 5.82 Å². The molecule has 0 amide bonds. The summed E-state index contributed by atoms with van der Waals surface area (Å²) in [7, 11) is 2.73. The molecule has 2 rings (SSSR count). The summed E-state index contributed by atoms with van der Waals surface area (Å²) in [6, 6.07) is 7.95. The number of ether oxygens (including phenoxy) is 2. The molecular weight excluding hydrogens is 275 g/mol. The molecule has 5 nitrogen and oxygen atoms in total. The van der Waals surface area contributed by atoms with E-state index in [1.807, 2.05) is 0 Å². The number of nitrogens with one attached hydrogen (secondary N) is 1. The first-order chi connectivity index (χ1) is 10.1. The molecule has 0 fully saturated rings. The predicted molar refractivity (Wildman–Crippen MR) is 75.9 cm³/mol. The Morgan fingerprint density at radius 1 is 1.29 bits per heavy atom. The number of nitrogens with zero attached hydrogens (tertiary/aromatic N) is 1. The van der Waals surface area contributed by atoms with Crippen molar-refractivity contribution in [3.05, 3.63) is 53.6 Å². The lowest BCUT2D eigenvalue weighted by Gasteiger charge is -2.08. The Morgan fingerprint density at radius 3 is 2.67 bits per heavy atom. The van der Waals surface area contributed by atoms with Crippen molar-refractivity contribution in [1.82, 2.24) is 4.98 Å². The van der Waals surface area contributed by atoms with Crippen molar-refractivity contribution < 1.29 is 18.7 Å². The number of halogens is 1. The van der Waals surface area contributed by atoms with Crippen LogP contribution >= 0.6 is 0 Å². The van der Waals surface area contributed by atoms with Crippen LogP contribution in [-0.4, -0.2) is 25.2 Å². The maximum absolute atomic E-state index is 13.5. The Morgan fingerprint density at radius 2 is 2.10 bits per heavy atom. The van der Waals surface area contributed by atoms with Crippen molar-refractivity contribution >= 4 is 11.7 Å². The van der Waals surface area contributed by atoms with Crippen molar-refractivity contribution in [1.29, 1.82) is 0 Å². The average molecular weight is 290 g/mol. The molecule has 0 atom stereocenters. The number of methoxy groups -OCH3 is 2. The second kappa shape index (κ2) is 6.69.